The molecule has 2 aliphatic rings. The zero-order valence-electron chi connectivity index (χ0n) is 17.7. The molecule has 3 amide bonds. The Labute approximate surface area is 213 Å². The van der Waals surface area contributed by atoms with Crippen molar-refractivity contribution >= 4 is 67.0 Å². The first-order valence-electron chi connectivity index (χ1n) is 10.6. The summed E-state index contributed by atoms with van der Waals surface area (Å²) in [5, 5.41) is 2.05. The minimum atomic E-state index is -1.11. The van der Waals surface area contributed by atoms with Crippen LogP contribution in [-0.2, 0) is 9.59 Å². The maximum atomic E-state index is 13.7. The van der Waals surface area contributed by atoms with Gasteiger partial charge in [0.25, 0.3) is 17.7 Å². The molecule has 1 aliphatic heterocycles. The van der Waals surface area contributed by atoms with Crippen LogP contribution in [0.25, 0.3) is 0 Å². The Kier molecular flexibility index (Phi) is 7.07. The molecule has 33 heavy (non-hydrogen) atoms. The second-order valence-electron chi connectivity index (χ2n) is 8.24. The molecule has 0 aromatic heterocycles. The molecule has 9 heteroatoms. The molecular formula is C24H21Br2ClN2O4. The fourth-order valence-electron chi connectivity index (χ4n) is 4.44. The van der Waals surface area contributed by atoms with E-state index >= 15 is 0 Å². The number of rotatable bonds is 5. The van der Waals surface area contributed by atoms with E-state index in [0.717, 1.165) is 10.0 Å². The lowest BCUT2D eigenvalue weighted by atomic mass is 9.81. The Balaban J connectivity index is 1.77. The molecule has 4 rings (SSSR count). The molecule has 1 heterocycles. The van der Waals surface area contributed by atoms with Crippen LogP contribution in [0.1, 0.15) is 40.5 Å². The fraction of sp³-hybridized carbons (Fsp3) is 0.333. The number of benzene rings is 2. The standard InChI is InChI=1S/C24H21Br2ClN2O4/c1-13(21(30)14-7-3-2-4-8-14)28(22(31)15-9-5-6-10-20(15)27)29-23(32)16-11-18(25)19(26)12-17(16)24(29)33/h2-10,13,16-19H,11-12H2,1H3/t13-,16-,17-,18+,19+/m1/s1. The Morgan fingerprint density at radius 3 is 2.00 bits per heavy atom. The van der Waals surface area contributed by atoms with Crippen LogP contribution in [0.4, 0.5) is 0 Å². The van der Waals surface area contributed by atoms with E-state index in [0.29, 0.717) is 18.4 Å². The van der Waals surface area contributed by atoms with Crippen molar-refractivity contribution in [1.82, 2.24) is 10.0 Å². The van der Waals surface area contributed by atoms with Crippen molar-refractivity contribution in [1.29, 1.82) is 0 Å². The highest BCUT2D eigenvalue weighted by molar-refractivity contribution is 9.12. The van der Waals surface area contributed by atoms with Gasteiger partial charge in [-0.2, -0.15) is 5.01 Å². The zero-order valence-corrected chi connectivity index (χ0v) is 21.6. The van der Waals surface area contributed by atoms with Crippen LogP contribution in [0.3, 0.4) is 0 Å². The lowest BCUT2D eigenvalue weighted by molar-refractivity contribution is -0.156. The Morgan fingerprint density at radius 2 is 1.45 bits per heavy atom. The number of carbonyl (C=O) groups excluding carboxylic acids is 4. The van der Waals surface area contributed by atoms with E-state index in [1.807, 2.05) is 0 Å². The second-order valence-corrected chi connectivity index (χ2v) is 11.0. The molecular weight excluding hydrogens is 576 g/mol. The van der Waals surface area contributed by atoms with Crippen molar-refractivity contribution in [3.05, 3.63) is 70.7 Å². The SMILES string of the molecule is C[C@H](C(=O)c1ccccc1)N(C(=O)c1ccccc1Cl)N1C(=O)[C@@H]2C[C@H](Br)[C@@H](Br)C[C@H]2C1=O. The minimum Gasteiger partial charge on any atom is -0.292 e. The monoisotopic (exact) mass is 594 g/mol. The van der Waals surface area contributed by atoms with E-state index in [-0.39, 0.29) is 26.0 Å². The maximum absolute atomic E-state index is 13.7. The van der Waals surface area contributed by atoms with Gasteiger partial charge in [-0.25, -0.2) is 5.01 Å². The second kappa shape index (κ2) is 9.68. The normalized spacial score (nSPS) is 25.5. The highest BCUT2D eigenvalue weighted by Gasteiger charge is 2.55. The first kappa shape index (κ1) is 24.1. The number of Topliss-reactive ketones (excluding diaryl/α,β-unsaturated/α-hetero) is 1. The number of hydrogen-bond acceptors (Lipinski definition) is 4. The molecule has 2 fully saturated rings. The summed E-state index contributed by atoms with van der Waals surface area (Å²) in [6, 6.07) is 13.7. The Bertz CT molecular complexity index is 1080. The molecule has 1 aliphatic carbocycles. The van der Waals surface area contributed by atoms with Gasteiger partial charge in [0.15, 0.2) is 5.78 Å². The fourth-order valence-corrected chi connectivity index (χ4v) is 5.90. The van der Waals surface area contributed by atoms with Crippen LogP contribution in [0, 0.1) is 11.8 Å². The molecule has 0 radical (unpaired) electrons. The van der Waals surface area contributed by atoms with Crippen molar-refractivity contribution in [2.45, 2.75) is 35.5 Å². The van der Waals surface area contributed by atoms with Crippen LogP contribution in [0.5, 0.6) is 0 Å². The van der Waals surface area contributed by atoms with E-state index in [2.05, 4.69) is 31.9 Å². The third kappa shape index (κ3) is 4.40. The van der Waals surface area contributed by atoms with Crippen LogP contribution < -0.4 is 0 Å². The van der Waals surface area contributed by atoms with Crippen molar-refractivity contribution in [3.63, 3.8) is 0 Å². The van der Waals surface area contributed by atoms with Gasteiger partial charge in [-0.3, -0.25) is 19.2 Å². The molecule has 0 unspecified atom stereocenters. The van der Waals surface area contributed by atoms with Crippen LogP contribution in [-0.4, -0.2) is 49.2 Å². The lowest BCUT2D eigenvalue weighted by Gasteiger charge is -2.35. The van der Waals surface area contributed by atoms with E-state index in [4.69, 9.17) is 11.6 Å². The number of hydrazine groups is 1. The van der Waals surface area contributed by atoms with Crippen molar-refractivity contribution < 1.29 is 19.2 Å². The first-order chi connectivity index (χ1) is 15.7. The summed E-state index contributed by atoms with van der Waals surface area (Å²) in [7, 11) is 0. The van der Waals surface area contributed by atoms with E-state index in [1.54, 1.807) is 48.5 Å². The van der Waals surface area contributed by atoms with Crippen LogP contribution >= 0.6 is 43.5 Å². The summed E-state index contributed by atoms with van der Waals surface area (Å²) < 4.78 is 0. The number of imide groups is 1. The van der Waals surface area contributed by atoms with E-state index in [9.17, 15) is 19.2 Å². The number of amides is 3. The maximum Gasteiger partial charge on any atom is 0.275 e. The third-order valence-electron chi connectivity index (χ3n) is 6.22. The molecule has 1 saturated carbocycles. The van der Waals surface area contributed by atoms with Gasteiger partial charge >= 0.3 is 0 Å². The van der Waals surface area contributed by atoms with Crippen molar-refractivity contribution in [3.8, 4) is 0 Å². The first-order valence-corrected chi connectivity index (χ1v) is 12.8. The smallest absolute Gasteiger partial charge is 0.275 e. The summed E-state index contributed by atoms with van der Waals surface area (Å²) in [4.78, 5) is 53.9. The summed E-state index contributed by atoms with van der Waals surface area (Å²) in [5.41, 5.74) is 0.485. The Morgan fingerprint density at radius 1 is 0.939 bits per heavy atom. The molecule has 1 saturated heterocycles. The van der Waals surface area contributed by atoms with Gasteiger partial charge < -0.3 is 0 Å². The summed E-state index contributed by atoms with van der Waals surface area (Å²) in [6.07, 6.45) is 0.910. The van der Waals surface area contributed by atoms with Gasteiger partial charge in [-0.05, 0) is 31.9 Å². The molecule has 172 valence electrons. The molecule has 2 aromatic rings. The number of hydrogen-bond donors (Lipinski definition) is 0. The molecule has 0 bridgehead atoms. The van der Waals surface area contributed by atoms with Gasteiger partial charge in [0.1, 0.15) is 6.04 Å². The topological polar surface area (TPSA) is 74.8 Å². The van der Waals surface area contributed by atoms with Gasteiger partial charge in [0.05, 0.1) is 22.4 Å². The number of nitrogens with zero attached hydrogens (tertiary/aromatic N) is 2. The molecule has 0 spiro atoms. The average molecular weight is 597 g/mol. The summed E-state index contributed by atoms with van der Waals surface area (Å²) in [6.45, 7) is 1.52. The number of halogens is 3. The summed E-state index contributed by atoms with van der Waals surface area (Å²) in [5.74, 6) is -3.12. The van der Waals surface area contributed by atoms with Crippen LogP contribution in [0.2, 0.25) is 5.02 Å². The number of alkyl halides is 2. The average Bonchev–Trinajstić information content (AvgIpc) is 3.04. The van der Waals surface area contributed by atoms with Gasteiger partial charge in [-0.15, -0.1) is 0 Å². The number of ketones is 1. The van der Waals surface area contributed by atoms with E-state index in [1.165, 1.54) is 13.0 Å². The number of fused-ring (bicyclic) bond motifs is 1. The highest BCUT2D eigenvalue weighted by atomic mass is 79.9. The van der Waals surface area contributed by atoms with Crippen LogP contribution in [0.15, 0.2) is 54.6 Å². The van der Waals surface area contributed by atoms with Crippen molar-refractivity contribution in [2.75, 3.05) is 0 Å². The minimum absolute atomic E-state index is 0.0199. The molecule has 2 aromatic carbocycles. The number of carbonyl (C=O) groups is 4. The van der Waals surface area contributed by atoms with Gasteiger partial charge in [0, 0.05) is 15.2 Å². The molecule has 5 atom stereocenters. The van der Waals surface area contributed by atoms with E-state index < -0.39 is 35.6 Å². The Hall–Kier alpha value is -2.03. The lowest BCUT2D eigenvalue weighted by Crippen LogP contribution is -2.56. The van der Waals surface area contributed by atoms with Gasteiger partial charge in [-0.1, -0.05) is 85.9 Å². The molecule has 0 N–H and O–H groups in total. The highest BCUT2D eigenvalue weighted by Crippen LogP contribution is 2.44. The predicted molar refractivity (Wildman–Crippen MR) is 131 cm³/mol. The predicted octanol–water partition coefficient (Wildman–Crippen LogP) is 4.89. The molecule has 6 nitrogen and oxygen atoms in total. The zero-order chi connectivity index (χ0) is 23.9. The quantitative estimate of drug-likeness (QED) is 0.280. The largest absolute Gasteiger partial charge is 0.292 e. The third-order valence-corrected chi connectivity index (χ3v) is 9.28. The van der Waals surface area contributed by atoms with Crippen molar-refractivity contribution in [2.24, 2.45) is 11.8 Å². The van der Waals surface area contributed by atoms with Gasteiger partial charge in [0.2, 0.25) is 0 Å². The summed E-state index contributed by atoms with van der Waals surface area (Å²) >= 11 is 13.4.